The number of esters is 1. The van der Waals surface area contributed by atoms with E-state index in [1.807, 2.05) is 47.6 Å². The van der Waals surface area contributed by atoms with Gasteiger partial charge in [-0.05, 0) is 70.2 Å². The molecule has 0 amide bonds. The fourth-order valence-corrected chi connectivity index (χ4v) is 5.41. The first-order chi connectivity index (χ1) is 18.9. The van der Waals surface area contributed by atoms with Crippen LogP contribution < -0.4 is 15.8 Å². The Balaban J connectivity index is 1.73. The zero-order chi connectivity index (χ0) is 30.5. The average Bonchev–Trinajstić information content (AvgIpc) is 2.86. The molecule has 222 valence electrons. The highest BCUT2D eigenvalue weighted by atomic mass is 32.2. The van der Waals surface area contributed by atoms with Gasteiger partial charge in [-0.1, -0.05) is 20.8 Å². The highest BCUT2D eigenvalue weighted by Crippen LogP contribution is 2.38. The summed E-state index contributed by atoms with van der Waals surface area (Å²) in [5, 5.41) is 4.75. The Bertz CT molecular complexity index is 1600. The van der Waals surface area contributed by atoms with E-state index < -0.39 is 31.6 Å². The first-order valence-electron chi connectivity index (χ1n) is 13.8. The second-order valence-electron chi connectivity index (χ2n) is 12.5. The number of ether oxygens (including phenoxy) is 2. The summed E-state index contributed by atoms with van der Waals surface area (Å²) in [6, 6.07) is 5.33. The van der Waals surface area contributed by atoms with E-state index in [4.69, 9.17) is 20.2 Å². The number of anilines is 2. The molecule has 10 nitrogen and oxygen atoms in total. The van der Waals surface area contributed by atoms with Crippen LogP contribution >= 0.6 is 0 Å². The third-order valence-electron chi connectivity index (χ3n) is 8.46. The van der Waals surface area contributed by atoms with Crippen molar-refractivity contribution < 1.29 is 22.7 Å². The van der Waals surface area contributed by atoms with E-state index in [0.717, 1.165) is 10.9 Å². The van der Waals surface area contributed by atoms with Crippen LogP contribution in [0.4, 0.5) is 11.6 Å². The van der Waals surface area contributed by atoms with Gasteiger partial charge in [-0.2, -0.15) is 0 Å². The lowest BCUT2D eigenvalue weighted by Gasteiger charge is -2.36. The molecule has 3 N–H and O–H groups in total. The second-order valence-corrected chi connectivity index (χ2v) is 15.2. The number of nitrogens with two attached hydrogens (primary N) is 1. The van der Waals surface area contributed by atoms with E-state index >= 15 is 0 Å². The molecule has 0 spiro atoms. The van der Waals surface area contributed by atoms with Crippen molar-refractivity contribution in [1.82, 2.24) is 15.0 Å². The maximum Gasteiger partial charge on any atom is 0.340 e. The van der Waals surface area contributed by atoms with E-state index in [1.54, 1.807) is 38.4 Å². The van der Waals surface area contributed by atoms with Crippen LogP contribution in [0, 0.1) is 0 Å². The summed E-state index contributed by atoms with van der Waals surface area (Å²) in [5.74, 6) is 1.05. The Kier molecular flexibility index (Phi) is 7.85. The largest absolute Gasteiger partial charge is 0.474 e. The molecule has 4 rings (SSSR count). The van der Waals surface area contributed by atoms with Crippen molar-refractivity contribution in [1.29, 1.82) is 0 Å². The Morgan fingerprint density at radius 1 is 1.15 bits per heavy atom. The molecular formula is C30H41N5O5S. The van der Waals surface area contributed by atoms with Gasteiger partial charge in [-0.15, -0.1) is 0 Å². The van der Waals surface area contributed by atoms with Gasteiger partial charge in [-0.25, -0.2) is 28.2 Å². The number of rotatable bonds is 9. The summed E-state index contributed by atoms with van der Waals surface area (Å²) >= 11 is 0. The zero-order valence-corrected chi connectivity index (χ0v) is 26.1. The molecular weight excluding hydrogens is 542 g/mol. The summed E-state index contributed by atoms with van der Waals surface area (Å²) in [4.78, 5) is 26.4. The minimum Gasteiger partial charge on any atom is -0.474 e. The van der Waals surface area contributed by atoms with Crippen molar-refractivity contribution in [3.63, 3.8) is 0 Å². The molecule has 0 unspecified atom stereocenters. The van der Waals surface area contributed by atoms with Crippen LogP contribution in [0.1, 0.15) is 89.8 Å². The third kappa shape index (κ3) is 5.88. The normalized spacial score (nSPS) is 19.2. The number of nitrogens with one attached hydrogen (secondary N) is 1. The van der Waals surface area contributed by atoms with Crippen LogP contribution in [0.2, 0.25) is 0 Å². The van der Waals surface area contributed by atoms with Crippen molar-refractivity contribution in [3.8, 4) is 5.88 Å². The molecule has 3 aromatic rings. The van der Waals surface area contributed by atoms with Gasteiger partial charge in [0.1, 0.15) is 17.7 Å². The van der Waals surface area contributed by atoms with Crippen LogP contribution in [0.15, 0.2) is 30.6 Å². The number of aromatic nitrogens is 3. The van der Waals surface area contributed by atoms with Crippen LogP contribution in [-0.2, 0) is 25.5 Å². The first-order valence-corrected chi connectivity index (χ1v) is 15.7. The number of pyridine rings is 3. The minimum absolute atomic E-state index is 0.292. The van der Waals surface area contributed by atoms with Crippen LogP contribution in [0.5, 0.6) is 5.88 Å². The number of cyclic esters (lactones) is 1. The van der Waals surface area contributed by atoms with Crippen LogP contribution in [-0.4, -0.2) is 52.5 Å². The zero-order valence-electron chi connectivity index (χ0n) is 25.3. The summed E-state index contributed by atoms with van der Waals surface area (Å²) < 4.78 is 35.2. The molecule has 11 heteroatoms. The van der Waals surface area contributed by atoms with E-state index in [9.17, 15) is 13.2 Å². The Hall–Kier alpha value is -3.31. The monoisotopic (exact) mass is 583 g/mol. The minimum atomic E-state index is -3.29. The predicted octanol–water partition coefficient (Wildman–Crippen LogP) is 5.17. The molecule has 1 aliphatic rings. The lowest BCUT2D eigenvalue weighted by molar-refractivity contribution is 0.00864. The summed E-state index contributed by atoms with van der Waals surface area (Å²) in [6.45, 7) is 15.0. The molecule has 0 saturated carbocycles. The first kappa shape index (κ1) is 30.6. The quantitative estimate of drug-likeness (QED) is 0.323. The van der Waals surface area contributed by atoms with Gasteiger partial charge in [0.25, 0.3) is 0 Å². The SMILES string of the molecule is CC[C@@](C)(N)c1cnc(O[C@@H](C)CC(C)(C)S(C)(=O)=O)c2cnc(Nc3ccc4c(n3)C(C)(C)[C@H](C)OC4=O)cc12. The number of sulfone groups is 1. The van der Waals surface area contributed by atoms with E-state index in [2.05, 4.69) is 15.3 Å². The lowest BCUT2D eigenvalue weighted by atomic mass is 9.79. The summed E-state index contributed by atoms with van der Waals surface area (Å²) in [6.07, 6.45) is 4.84. The predicted molar refractivity (Wildman–Crippen MR) is 160 cm³/mol. The molecule has 0 fully saturated rings. The highest BCUT2D eigenvalue weighted by molar-refractivity contribution is 7.92. The fraction of sp³-hybridized carbons (Fsp3) is 0.533. The van der Waals surface area contributed by atoms with Crippen molar-refractivity contribution in [2.24, 2.45) is 5.73 Å². The summed E-state index contributed by atoms with van der Waals surface area (Å²) in [5.41, 5.74) is 7.49. The van der Waals surface area contributed by atoms with Crippen molar-refractivity contribution in [3.05, 3.63) is 47.4 Å². The third-order valence-corrected chi connectivity index (χ3v) is 10.6. The molecule has 0 radical (unpaired) electrons. The van der Waals surface area contributed by atoms with Crippen molar-refractivity contribution in [2.75, 3.05) is 11.6 Å². The molecule has 0 aliphatic carbocycles. The second kappa shape index (κ2) is 10.5. The van der Waals surface area contributed by atoms with E-state index in [0.29, 0.717) is 47.0 Å². The molecule has 0 saturated heterocycles. The number of carbonyl (C=O) groups is 1. The molecule has 4 heterocycles. The van der Waals surface area contributed by atoms with E-state index in [1.165, 1.54) is 6.26 Å². The fourth-order valence-electron chi connectivity index (χ4n) is 4.87. The van der Waals surface area contributed by atoms with E-state index in [-0.39, 0.29) is 12.1 Å². The number of nitrogens with zero attached hydrogens (tertiary/aromatic N) is 3. The Labute approximate surface area is 242 Å². The molecule has 0 bridgehead atoms. The summed E-state index contributed by atoms with van der Waals surface area (Å²) in [7, 11) is -3.29. The van der Waals surface area contributed by atoms with Gasteiger partial charge in [0.05, 0.1) is 27.5 Å². The highest BCUT2D eigenvalue weighted by Gasteiger charge is 2.41. The Morgan fingerprint density at radius 2 is 1.83 bits per heavy atom. The molecule has 3 atom stereocenters. The average molecular weight is 584 g/mol. The van der Waals surface area contributed by atoms with Crippen LogP contribution in [0.25, 0.3) is 10.8 Å². The van der Waals surface area contributed by atoms with Gasteiger partial charge in [-0.3, -0.25) is 0 Å². The lowest BCUT2D eigenvalue weighted by Crippen LogP contribution is -2.42. The van der Waals surface area contributed by atoms with Crippen molar-refractivity contribution >= 4 is 38.2 Å². The number of hydrogen-bond acceptors (Lipinski definition) is 10. The molecule has 1 aliphatic heterocycles. The molecule has 0 aromatic carbocycles. The number of hydrogen-bond donors (Lipinski definition) is 2. The molecule has 41 heavy (non-hydrogen) atoms. The van der Waals surface area contributed by atoms with Gasteiger partial charge >= 0.3 is 5.97 Å². The number of fused-ring (bicyclic) bond motifs is 2. The smallest absolute Gasteiger partial charge is 0.340 e. The standard InChI is InChI=1S/C30H41N5O5S/c1-10-30(8,31)22-16-33-26(39-17(2)14-28(4,5)41(9,37)38)21-15-32-24(13-20(21)22)34-23-12-11-19-25(35-23)29(6,7)18(3)40-27(19)36/h11-13,15-18H,10,14,31H2,1-9H3,(H,32,34,35)/t17-,18-,30+/m0/s1. The Morgan fingerprint density at radius 3 is 2.46 bits per heavy atom. The topological polar surface area (TPSA) is 146 Å². The van der Waals surface area contributed by atoms with Gasteiger partial charge < -0.3 is 20.5 Å². The maximum absolute atomic E-state index is 12.4. The van der Waals surface area contributed by atoms with Gasteiger partial charge in [0, 0.05) is 36.0 Å². The maximum atomic E-state index is 12.4. The van der Waals surface area contributed by atoms with Crippen molar-refractivity contribution in [2.45, 2.75) is 96.1 Å². The van der Waals surface area contributed by atoms with Gasteiger partial charge in [0.15, 0.2) is 9.84 Å². The number of carbonyl (C=O) groups excluding carboxylic acids is 1. The van der Waals surface area contributed by atoms with Crippen LogP contribution in [0.3, 0.4) is 0 Å². The van der Waals surface area contributed by atoms with Gasteiger partial charge in [0.2, 0.25) is 5.88 Å². The molecule has 3 aromatic heterocycles.